The first-order chi connectivity index (χ1) is 13.3. The number of carbonyl (C=O) groups is 1. The quantitative estimate of drug-likeness (QED) is 0.782. The van der Waals surface area contributed by atoms with E-state index >= 15 is 0 Å². The number of likely N-dealkylation sites (N-methyl/N-ethyl adjacent to an activating group) is 1. The summed E-state index contributed by atoms with van der Waals surface area (Å²) in [6, 6.07) is 7.90. The van der Waals surface area contributed by atoms with Crippen LogP contribution in [0.4, 0.5) is 11.4 Å². The Bertz CT molecular complexity index is 773. The second-order valence-corrected chi connectivity index (χ2v) is 9.96. The van der Waals surface area contributed by atoms with Gasteiger partial charge in [0.05, 0.1) is 5.92 Å². The van der Waals surface area contributed by atoms with Crippen LogP contribution in [0.1, 0.15) is 12.8 Å². The van der Waals surface area contributed by atoms with Crippen molar-refractivity contribution >= 4 is 27.5 Å². The highest BCUT2D eigenvalue weighted by molar-refractivity contribution is 7.86. The van der Waals surface area contributed by atoms with Gasteiger partial charge in [0.1, 0.15) is 0 Å². The van der Waals surface area contributed by atoms with E-state index in [2.05, 4.69) is 22.2 Å². The molecule has 0 radical (unpaired) electrons. The number of nitrogens with one attached hydrogen (secondary N) is 1. The third kappa shape index (κ3) is 4.83. The van der Waals surface area contributed by atoms with Crippen molar-refractivity contribution in [1.29, 1.82) is 0 Å². The Hall–Kier alpha value is -1.68. The minimum Gasteiger partial charge on any atom is -0.369 e. The molecule has 1 atom stereocenters. The topological polar surface area (TPSA) is 76.2 Å². The molecule has 2 aliphatic heterocycles. The first kappa shape index (κ1) is 21.0. The van der Waals surface area contributed by atoms with Crippen LogP contribution in [0.15, 0.2) is 24.3 Å². The van der Waals surface area contributed by atoms with E-state index in [0.29, 0.717) is 19.4 Å². The Morgan fingerprint density at radius 2 is 1.71 bits per heavy atom. The maximum atomic E-state index is 12.7. The van der Waals surface area contributed by atoms with Crippen LogP contribution in [-0.2, 0) is 15.0 Å². The van der Waals surface area contributed by atoms with Gasteiger partial charge in [0, 0.05) is 64.7 Å². The standard InChI is InChI=1S/C19H31N5O3S/c1-21(2)28(26,27)24-10-4-5-16(15-24)19(25)20-17-6-8-18(9-7-17)23-13-11-22(3)12-14-23/h6-9,16H,4-5,10-15H2,1-3H3,(H,20,25)/t16-/m0/s1. The molecule has 9 heteroatoms. The number of carbonyl (C=O) groups excluding carboxylic acids is 1. The lowest BCUT2D eigenvalue weighted by atomic mass is 9.98. The van der Waals surface area contributed by atoms with Crippen LogP contribution >= 0.6 is 0 Å². The van der Waals surface area contributed by atoms with Crippen molar-refractivity contribution in [2.45, 2.75) is 12.8 Å². The summed E-state index contributed by atoms with van der Waals surface area (Å²) in [4.78, 5) is 17.3. The first-order valence-electron chi connectivity index (χ1n) is 9.79. The molecule has 0 unspecified atom stereocenters. The predicted octanol–water partition coefficient (Wildman–Crippen LogP) is 0.895. The average molecular weight is 410 g/mol. The van der Waals surface area contributed by atoms with Gasteiger partial charge in [-0.1, -0.05) is 0 Å². The third-order valence-electron chi connectivity index (χ3n) is 5.55. The summed E-state index contributed by atoms with van der Waals surface area (Å²) >= 11 is 0. The Morgan fingerprint density at radius 3 is 2.32 bits per heavy atom. The molecule has 2 aliphatic rings. The van der Waals surface area contributed by atoms with Gasteiger partial charge in [-0.05, 0) is 44.2 Å². The fraction of sp³-hybridized carbons (Fsp3) is 0.632. The monoisotopic (exact) mass is 409 g/mol. The van der Waals surface area contributed by atoms with Gasteiger partial charge in [0.15, 0.2) is 0 Å². The number of anilines is 2. The summed E-state index contributed by atoms with van der Waals surface area (Å²) in [5.41, 5.74) is 1.91. The summed E-state index contributed by atoms with van der Waals surface area (Å²) in [6.07, 6.45) is 1.39. The van der Waals surface area contributed by atoms with E-state index < -0.39 is 10.2 Å². The second kappa shape index (κ2) is 8.77. The highest BCUT2D eigenvalue weighted by Crippen LogP contribution is 2.23. The molecule has 0 saturated carbocycles. The number of nitrogens with zero attached hydrogens (tertiary/aromatic N) is 4. The minimum absolute atomic E-state index is 0.119. The molecule has 0 aromatic heterocycles. The summed E-state index contributed by atoms with van der Waals surface area (Å²) in [5, 5.41) is 2.95. The molecule has 1 aromatic carbocycles. The molecule has 156 valence electrons. The Balaban J connectivity index is 1.58. The molecule has 2 fully saturated rings. The van der Waals surface area contributed by atoms with E-state index in [9.17, 15) is 13.2 Å². The van der Waals surface area contributed by atoms with Gasteiger partial charge < -0.3 is 15.1 Å². The number of hydrogen-bond acceptors (Lipinski definition) is 5. The Kier molecular flexibility index (Phi) is 6.59. The molecule has 0 bridgehead atoms. The van der Waals surface area contributed by atoms with E-state index in [0.717, 1.165) is 37.6 Å². The van der Waals surface area contributed by atoms with Crippen molar-refractivity contribution in [3.8, 4) is 0 Å². The van der Waals surface area contributed by atoms with E-state index in [1.165, 1.54) is 22.7 Å². The lowest BCUT2D eigenvalue weighted by Crippen LogP contribution is -2.47. The van der Waals surface area contributed by atoms with Crippen molar-refractivity contribution < 1.29 is 13.2 Å². The molecule has 8 nitrogen and oxygen atoms in total. The van der Waals surface area contributed by atoms with Crippen molar-refractivity contribution in [3.05, 3.63) is 24.3 Å². The SMILES string of the molecule is CN1CCN(c2ccc(NC(=O)[C@H]3CCCN(S(=O)(=O)N(C)C)C3)cc2)CC1. The predicted molar refractivity (Wildman–Crippen MR) is 112 cm³/mol. The molecule has 1 aromatic rings. The second-order valence-electron chi connectivity index (χ2n) is 7.81. The summed E-state index contributed by atoms with van der Waals surface area (Å²) < 4.78 is 27.3. The molecule has 0 spiro atoms. The number of piperazine rings is 1. The Morgan fingerprint density at radius 1 is 1.07 bits per heavy atom. The molecule has 2 saturated heterocycles. The summed E-state index contributed by atoms with van der Waals surface area (Å²) in [7, 11) is 1.68. The lowest BCUT2D eigenvalue weighted by Gasteiger charge is -2.34. The molecule has 1 N–H and O–H groups in total. The maximum Gasteiger partial charge on any atom is 0.281 e. The van der Waals surface area contributed by atoms with Gasteiger partial charge in [0.2, 0.25) is 5.91 Å². The van der Waals surface area contributed by atoms with Gasteiger partial charge >= 0.3 is 0 Å². The molecule has 0 aliphatic carbocycles. The maximum absolute atomic E-state index is 12.7. The van der Waals surface area contributed by atoms with Gasteiger partial charge in [-0.15, -0.1) is 0 Å². The number of amides is 1. The fourth-order valence-electron chi connectivity index (χ4n) is 3.66. The van der Waals surface area contributed by atoms with Crippen LogP contribution in [0, 0.1) is 5.92 Å². The van der Waals surface area contributed by atoms with Crippen LogP contribution in [0.5, 0.6) is 0 Å². The van der Waals surface area contributed by atoms with Crippen LogP contribution in [0.3, 0.4) is 0 Å². The molecule has 2 heterocycles. The van der Waals surface area contributed by atoms with Crippen molar-refractivity contribution in [2.24, 2.45) is 5.92 Å². The largest absolute Gasteiger partial charge is 0.369 e. The van der Waals surface area contributed by atoms with Crippen LogP contribution in [0.25, 0.3) is 0 Å². The summed E-state index contributed by atoms with van der Waals surface area (Å²) in [6.45, 7) is 4.79. The third-order valence-corrected chi connectivity index (χ3v) is 7.45. The van der Waals surface area contributed by atoms with Crippen LogP contribution in [-0.4, -0.2) is 88.2 Å². The number of piperidine rings is 1. The fourth-order valence-corrected chi connectivity index (χ4v) is 4.85. The molecular formula is C19H31N5O3S. The first-order valence-corrected chi connectivity index (χ1v) is 11.2. The van der Waals surface area contributed by atoms with E-state index in [4.69, 9.17) is 0 Å². The van der Waals surface area contributed by atoms with Gasteiger partial charge in [-0.25, -0.2) is 0 Å². The van der Waals surface area contributed by atoms with Gasteiger partial charge in [-0.2, -0.15) is 17.0 Å². The smallest absolute Gasteiger partial charge is 0.281 e. The number of benzene rings is 1. The van der Waals surface area contributed by atoms with E-state index in [1.54, 1.807) is 0 Å². The molecular weight excluding hydrogens is 378 g/mol. The zero-order valence-electron chi connectivity index (χ0n) is 17.0. The molecule has 1 amide bonds. The highest BCUT2D eigenvalue weighted by atomic mass is 32.2. The number of rotatable bonds is 5. The zero-order valence-corrected chi connectivity index (χ0v) is 17.8. The summed E-state index contributed by atoms with van der Waals surface area (Å²) in [5.74, 6) is -0.452. The molecule has 3 rings (SSSR count). The Labute approximate surface area is 168 Å². The van der Waals surface area contributed by atoms with Crippen LogP contribution in [0.2, 0.25) is 0 Å². The number of hydrogen-bond donors (Lipinski definition) is 1. The van der Waals surface area contributed by atoms with Crippen molar-refractivity contribution in [1.82, 2.24) is 13.5 Å². The highest BCUT2D eigenvalue weighted by Gasteiger charge is 2.33. The van der Waals surface area contributed by atoms with Gasteiger partial charge in [0.25, 0.3) is 10.2 Å². The lowest BCUT2D eigenvalue weighted by molar-refractivity contribution is -0.120. The van der Waals surface area contributed by atoms with Crippen molar-refractivity contribution in [3.63, 3.8) is 0 Å². The van der Waals surface area contributed by atoms with Crippen LogP contribution < -0.4 is 10.2 Å². The molecule has 28 heavy (non-hydrogen) atoms. The minimum atomic E-state index is -3.48. The van der Waals surface area contributed by atoms with Gasteiger partial charge in [-0.3, -0.25) is 4.79 Å². The normalized spacial score (nSPS) is 22.4. The van der Waals surface area contributed by atoms with E-state index in [1.807, 2.05) is 24.3 Å². The van der Waals surface area contributed by atoms with E-state index in [-0.39, 0.29) is 18.4 Å². The zero-order chi connectivity index (χ0) is 20.3. The average Bonchev–Trinajstić information content (AvgIpc) is 2.69. The van der Waals surface area contributed by atoms with Crippen molar-refractivity contribution in [2.75, 3.05) is 70.6 Å².